The van der Waals surface area contributed by atoms with Gasteiger partial charge in [0.2, 0.25) is 0 Å². The Morgan fingerprint density at radius 2 is 2.14 bits per heavy atom. The third-order valence-electron chi connectivity index (χ3n) is 2.30. The van der Waals surface area contributed by atoms with Gasteiger partial charge in [-0.25, -0.2) is 0 Å². The molecule has 0 aliphatic rings. The molecule has 0 aliphatic heterocycles. The van der Waals surface area contributed by atoms with E-state index in [1.54, 1.807) is 11.3 Å². The van der Waals surface area contributed by atoms with Gasteiger partial charge in [-0.15, -0.1) is 11.3 Å². The first kappa shape index (κ1) is 9.28. The molecule has 0 saturated carbocycles. The van der Waals surface area contributed by atoms with Crippen molar-refractivity contribution in [2.75, 3.05) is 5.73 Å². The van der Waals surface area contributed by atoms with Gasteiger partial charge in [0.05, 0.1) is 0 Å². The summed E-state index contributed by atoms with van der Waals surface area (Å²) >= 11 is 1.79. The summed E-state index contributed by atoms with van der Waals surface area (Å²) in [5, 5.41) is 2.10. The highest BCUT2D eigenvalue weighted by Crippen LogP contribution is 2.18. The van der Waals surface area contributed by atoms with Crippen LogP contribution in [-0.2, 0) is 6.42 Å². The van der Waals surface area contributed by atoms with E-state index in [-0.39, 0.29) is 0 Å². The van der Waals surface area contributed by atoms with Crippen molar-refractivity contribution >= 4 is 17.0 Å². The average Bonchev–Trinajstić information content (AvgIpc) is 2.64. The maximum Gasteiger partial charge on any atom is 0.0346 e. The van der Waals surface area contributed by atoms with Crippen LogP contribution in [0.2, 0.25) is 0 Å². The smallest absolute Gasteiger partial charge is 0.0346 e. The number of nitrogen functional groups attached to an aromatic ring is 1. The van der Waals surface area contributed by atoms with Crippen LogP contribution in [0.5, 0.6) is 0 Å². The Bertz CT molecular complexity index is 418. The lowest BCUT2D eigenvalue weighted by Gasteiger charge is -2.03. The van der Waals surface area contributed by atoms with Crippen molar-refractivity contribution in [3.63, 3.8) is 0 Å². The van der Waals surface area contributed by atoms with Crippen molar-refractivity contribution in [2.45, 2.75) is 13.3 Å². The minimum absolute atomic E-state index is 0.888. The molecule has 0 fully saturated rings. The Labute approximate surface area is 88.2 Å². The minimum Gasteiger partial charge on any atom is -0.399 e. The van der Waals surface area contributed by atoms with Crippen LogP contribution in [0.15, 0.2) is 35.7 Å². The number of anilines is 1. The van der Waals surface area contributed by atoms with Crippen LogP contribution in [0, 0.1) is 6.92 Å². The largest absolute Gasteiger partial charge is 0.399 e. The Morgan fingerprint density at radius 1 is 1.29 bits per heavy atom. The number of thiophene rings is 1. The van der Waals surface area contributed by atoms with Gasteiger partial charge >= 0.3 is 0 Å². The number of aryl methyl sites for hydroxylation is 1. The van der Waals surface area contributed by atoms with Gasteiger partial charge in [-0.1, -0.05) is 18.2 Å². The van der Waals surface area contributed by atoms with Crippen LogP contribution in [0.4, 0.5) is 5.69 Å². The normalized spacial score (nSPS) is 10.4. The fraction of sp³-hybridized carbons (Fsp3) is 0.167. The number of nitrogens with two attached hydrogens (primary N) is 1. The molecule has 0 unspecified atom stereocenters. The summed E-state index contributed by atoms with van der Waals surface area (Å²) in [5.74, 6) is 0. The topological polar surface area (TPSA) is 26.0 Å². The maximum atomic E-state index is 5.85. The molecule has 1 heterocycles. The molecule has 0 bridgehead atoms. The zero-order valence-corrected chi connectivity index (χ0v) is 8.97. The fourth-order valence-corrected chi connectivity index (χ4v) is 2.15. The lowest BCUT2D eigenvalue weighted by molar-refractivity contribution is 1.23. The van der Waals surface area contributed by atoms with Crippen LogP contribution in [-0.4, -0.2) is 0 Å². The summed E-state index contributed by atoms with van der Waals surface area (Å²) in [5.41, 5.74) is 9.18. The summed E-state index contributed by atoms with van der Waals surface area (Å²) in [7, 11) is 0. The highest BCUT2D eigenvalue weighted by molar-refractivity contribution is 7.09. The summed E-state index contributed by atoms with van der Waals surface area (Å²) < 4.78 is 0. The molecule has 2 aromatic rings. The summed E-state index contributed by atoms with van der Waals surface area (Å²) in [6.45, 7) is 2.03. The lowest BCUT2D eigenvalue weighted by Crippen LogP contribution is -1.92. The quantitative estimate of drug-likeness (QED) is 0.745. The van der Waals surface area contributed by atoms with Crippen LogP contribution in [0.1, 0.15) is 16.0 Å². The van der Waals surface area contributed by atoms with Gasteiger partial charge in [0.25, 0.3) is 0 Å². The summed E-state index contributed by atoms with van der Waals surface area (Å²) in [6.07, 6.45) is 0.988. The molecule has 1 aromatic carbocycles. The van der Waals surface area contributed by atoms with Gasteiger partial charge < -0.3 is 5.73 Å². The van der Waals surface area contributed by atoms with Crippen LogP contribution < -0.4 is 5.73 Å². The SMILES string of the molecule is Cc1ccc(Cc2cccs2)cc1N. The minimum atomic E-state index is 0.888. The third kappa shape index (κ3) is 1.96. The number of hydrogen-bond acceptors (Lipinski definition) is 2. The van der Waals surface area contributed by atoms with E-state index in [0.717, 1.165) is 17.7 Å². The second-order valence-corrected chi connectivity index (χ2v) is 4.48. The molecule has 2 heteroatoms. The monoisotopic (exact) mass is 203 g/mol. The molecule has 0 amide bonds. The number of hydrogen-bond donors (Lipinski definition) is 1. The van der Waals surface area contributed by atoms with E-state index in [9.17, 15) is 0 Å². The predicted octanol–water partition coefficient (Wildman–Crippen LogP) is 3.23. The van der Waals surface area contributed by atoms with Gasteiger partial charge in [0.15, 0.2) is 0 Å². The molecule has 0 saturated heterocycles. The molecule has 14 heavy (non-hydrogen) atoms. The molecule has 2 N–H and O–H groups in total. The second kappa shape index (κ2) is 3.84. The van der Waals surface area contributed by atoms with E-state index in [2.05, 4.69) is 35.7 Å². The highest BCUT2D eigenvalue weighted by atomic mass is 32.1. The highest BCUT2D eigenvalue weighted by Gasteiger charge is 1.99. The summed E-state index contributed by atoms with van der Waals surface area (Å²) in [6, 6.07) is 10.5. The molecule has 1 nitrogen and oxygen atoms in total. The zero-order chi connectivity index (χ0) is 9.97. The van der Waals surface area contributed by atoms with Crippen molar-refractivity contribution in [1.82, 2.24) is 0 Å². The standard InChI is InChI=1S/C12H13NS/c1-9-4-5-10(8-12(9)13)7-11-3-2-6-14-11/h2-6,8H,7,13H2,1H3. The van der Waals surface area contributed by atoms with Crippen molar-refractivity contribution < 1.29 is 0 Å². The Balaban J connectivity index is 2.22. The van der Waals surface area contributed by atoms with E-state index >= 15 is 0 Å². The number of benzene rings is 1. The molecule has 1 aromatic heterocycles. The van der Waals surface area contributed by atoms with Crippen molar-refractivity contribution in [1.29, 1.82) is 0 Å². The molecule has 2 rings (SSSR count). The molecule has 0 spiro atoms. The average molecular weight is 203 g/mol. The van der Waals surface area contributed by atoms with Gasteiger partial charge in [-0.3, -0.25) is 0 Å². The zero-order valence-electron chi connectivity index (χ0n) is 8.16. The fourth-order valence-electron chi connectivity index (χ4n) is 1.41. The number of rotatable bonds is 2. The predicted molar refractivity (Wildman–Crippen MR) is 62.7 cm³/mol. The summed E-state index contributed by atoms with van der Waals surface area (Å²) in [4.78, 5) is 1.38. The van der Waals surface area contributed by atoms with Crippen LogP contribution >= 0.6 is 11.3 Å². The molecule has 0 radical (unpaired) electrons. The second-order valence-electron chi connectivity index (χ2n) is 3.45. The van der Waals surface area contributed by atoms with Crippen molar-refractivity contribution in [2.24, 2.45) is 0 Å². The van der Waals surface area contributed by atoms with E-state index < -0.39 is 0 Å². The van der Waals surface area contributed by atoms with Crippen LogP contribution in [0.25, 0.3) is 0 Å². The first-order valence-corrected chi connectivity index (χ1v) is 5.51. The van der Waals surface area contributed by atoms with E-state index in [4.69, 9.17) is 5.73 Å². The Morgan fingerprint density at radius 3 is 2.79 bits per heavy atom. The Hall–Kier alpha value is -1.28. The van der Waals surface area contributed by atoms with E-state index in [1.165, 1.54) is 10.4 Å². The Kier molecular flexibility index (Phi) is 2.55. The molecule has 0 aliphatic carbocycles. The van der Waals surface area contributed by atoms with Gasteiger partial charge in [-0.2, -0.15) is 0 Å². The third-order valence-corrected chi connectivity index (χ3v) is 3.18. The molecular weight excluding hydrogens is 190 g/mol. The van der Waals surface area contributed by atoms with Crippen molar-refractivity contribution in [3.8, 4) is 0 Å². The molecule has 72 valence electrons. The van der Waals surface area contributed by atoms with Crippen molar-refractivity contribution in [3.05, 3.63) is 51.7 Å². The van der Waals surface area contributed by atoms with Gasteiger partial charge in [0.1, 0.15) is 0 Å². The maximum absolute atomic E-state index is 5.85. The van der Waals surface area contributed by atoms with Gasteiger partial charge in [0, 0.05) is 17.0 Å². The van der Waals surface area contributed by atoms with Crippen LogP contribution in [0.3, 0.4) is 0 Å². The lowest BCUT2D eigenvalue weighted by atomic mass is 10.1. The van der Waals surface area contributed by atoms with E-state index in [1.807, 2.05) is 6.92 Å². The van der Waals surface area contributed by atoms with E-state index in [0.29, 0.717) is 0 Å². The first-order chi connectivity index (χ1) is 6.75. The molecule has 0 atom stereocenters. The van der Waals surface area contributed by atoms with Gasteiger partial charge in [-0.05, 0) is 35.6 Å². The molecular formula is C12H13NS. The first-order valence-electron chi connectivity index (χ1n) is 4.63.